The van der Waals surface area contributed by atoms with E-state index in [1.54, 1.807) is 35.2 Å². The molecule has 0 radical (unpaired) electrons. The van der Waals surface area contributed by atoms with Gasteiger partial charge in [-0.05, 0) is 54.7 Å². The van der Waals surface area contributed by atoms with Crippen molar-refractivity contribution in [3.8, 4) is 0 Å². The largest absolute Gasteiger partial charge is 0.481 e. The Labute approximate surface area is 207 Å². The highest BCUT2D eigenvalue weighted by atomic mass is 16.4. The highest BCUT2D eigenvalue weighted by Crippen LogP contribution is 2.38. The molecule has 0 bridgehead atoms. The summed E-state index contributed by atoms with van der Waals surface area (Å²) in [6.45, 7) is 0.146. The summed E-state index contributed by atoms with van der Waals surface area (Å²) in [4.78, 5) is 66.3. The summed E-state index contributed by atoms with van der Waals surface area (Å²) in [7, 11) is 0. The van der Waals surface area contributed by atoms with E-state index in [-0.39, 0.29) is 35.7 Å². The summed E-state index contributed by atoms with van der Waals surface area (Å²) in [6, 6.07) is 10.4. The number of carbonyl (C=O) groups excluding carboxylic acids is 3. The van der Waals surface area contributed by atoms with Crippen molar-refractivity contribution < 1.29 is 34.2 Å². The standard InChI is InChI=1S/C27H26N2O7/c30-23(19-7-3-4-8-20(19)27(35)36)28-12-11-15-9-10-16(26(33)34)13-21(15)22(28)14-29-24(31)17-5-1-2-6-18(17)25(29)32/h1-2,5-6,9-10,13,19-20,22H,3-4,7-8,11-12,14H2,(H,33,34)(H,35,36)/t19-,20+,22-/m0/s1. The van der Waals surface area contributed by atoms with E-state index in [4.69, 9.17) is 0 Å². The number of fused-ring (bicyclic) bond motifs is 2. The Morgan fingerprint density at radius 3 is 2.14 bits per heavy atom. The normalized spacial score (nSPS) is 23.3. The van der Waals surface area contributed by atoms with Crippen molar-refractivity contribution in [1.82, 2.24) is 9.80 Å². The number of aliphatic carboxylic acids is 1. The molecule has 1 saturated carbocycles. The number of nitrogens with zero attached hydrogens (tertiary/aromatic N) is 2. The molecule has 0 unspecified atom stereocenters. The van der Waals surface area contributed by atoms with Gasteiger partial charge in [-0.1, -0.05) is 31.0 Å². The van der Waals surface area contributed by atoms with Crippen LogP contribution in [-0.2, 0) is 16.0 Å². The lowest BCUT2D eigenvalue weighted by molar-refractivity contribution is -0.153. The zero-order valence-corrected chi connectivity index (χ0v) is 19.6. The summed E-state index contributed by atoms with van der Waals surface area (Å²) in [5.74, 6) is -4.89. The fraction of sp³-hybridized carbons (Fsp3) is 0.370. The third-order valence-corrected chi connectivity index (χ3v) is 7.67. The molecule has 3 amide bonds. The van der Waals surface area contributed by atoms with Crippen LogP contribution in [0.15, 0.2) is 42.5 Å². The molecule has 1 fully saturated rings. The van der Waals surface area contributed by atoms with Gasteiger partial charge in [-0.2, -0.15) is 0 Å². The Bertz CT molecular complexity index is 1250. The van der Waals surface area contributed by atoms with E-state index in [0.29, 0.717) is 24.8 Å². The van der Waals surface area contributed by atoms with Gasteiger partial charge in [0.25, 0.3) is 11.8 Å². The quantitative estimate of drug-likeness (QED) is 0.616. The predicted octanol–water partition coefficient (Wildman–Crippen LogP) is 3.00. The Kier molecular flexibility index (Phi) is 6.07. The van der Waals surface area contributed by atoms with Crippen molar-refractivity contribution in [1.29, 1.82) is 0 Å². The fourth-order valence-electron chi connectivity index (χ4n) is 5.80. The van der Waals surface area contributed by atoms with Crippen LogP contribution in [0.25, 0.3) is 0 Å². The molecule has 0 aromatic heterocycles. The van der Waals surface area contributed by atoms with Crippen molar-refractivity contribution in [2.75, 3.05) is 13.1 Å². The Morgan fingerprint density at radius 1 is 0.889 bits per heavy atom. The highest BCUT2D eigenvalue weighted by molar-refractivity contribution is 6.21. The van der Waals surface area contributed by atoms with Crippen molar-refractivity contribution in [3.05, 3.63) is 70.3 Å². The molecule has 2 aromatic rings. The Morgan fingerprint density at radius 2 is 1.53 bits per heavy atom. The van der Waals surface area contributed by atoms with Crippen LogP contribution < -0.4 is 0 Å². The SMILES string of the molecule is O=C(O)c1ccc2c(c1)[C@H](CN1C(=O)c3ccccc3C1=O)N(C(=O)[C@H]1CCCC[C@H]1C(=O)O)CC2. The summed E-state index contributed by atoms with van der Waals surface area (Å²) in [5.41, 5.74) is 2.01. The third-order valence-electron chi connectivity index (χ3n) is 7.67. The average molecular weight is 491 g/mol. The molecule has 36 heavy (non-hydrogen) atoms. The van der Waals surface area contributed by atoms with E-state index in [9.17, 15) is 34.2 Å². The Balaban J connectivity index is 1.54. The van der Waals surface area contributed by atoms with E-state index >= 15 is 0 Å². The van der Waals surface area contributed by atoms with Crippen LogP contribution in [-0.4, -0.2) is 62.8 Å². The smallest absolute Gasteiger partial charge is 0.335 e. The van der Waals surface area contributed by atoms with Crippen molar-refractivity contribution in [2.45, 2.75) is 38.1 Å². The number of aromatic carboxylic acids is 1. The van der Waals surface area contributed by atoms with Crippen LogP contribution in [0, 0.1) is 11.8 Å². The topological polar surface area (TPSA) is 132 Å². The van der Waals surface area contributed by atoms with Crippen LogP contribution in [0.3, 0.4) is 0 Å². The number of carbonyl (C=O) groups is 5. The lowest BCUT2D eigenvalue weighted by atomic mass is 9.77. The third kappa shape index (κ3) is 3.94. The molecule has 3 aliphatic rings. The summed E-state index contributed by atoms with van der Waals surface area (Å²) >= 11 is 0. The molecular weight excluding hydrogens is 464 g/mol. The monoisotopic (exact) mass is 490 g/mol. The average Bonchev–Trinajstić information content (AvgIpc) is 3.13. The number of amides is 3. The van der Waals surface area contributed by atoms with Gasteiger partial charge in [0.1, 0.15) is 0 Å². The second-order valence-electron chi connectivity index (χ2n) is 9.62. The van der Waals surface area contributed by atoms with Crippen molar-refractivity contribution in [2.24, 2.45) is 11.8 Å². The number of rotatable bonds is 5. The minimum Gasteiger partial charge on any atom is -0.481 e. The van der Waals surface area contributed by atoms with E-state index in [2.05, 4.69) is 0 Å². The van der Waals surface area contributed by atoms with Crippen LogP contribution in [0.1, 0.15) is 73.9 Å². The minimum absolute atomic E-state index is 0.0384. The molecule has 186 valence electrons. The summed E-state index contributed by atoms with van der Waals surface area (Å²) < 4.78 is 0. The van der Waals surface area contributed by atoms with E-state index in [0.717, 1.165) is 23.3 Å². The van der Waals surface area contributed by atoms with Crippen LogP contribution in [0.5, 0.6) is 0 Å². The first-order valence-electron chi connectivity index (χ1n) is 12.1. The van der Waals surface area contributed by atoms with Gasteiger partial charge in [0, 0.05) is 6.54 Å². The molecule has 0 saturated heterocycles. The molecule has 2 aliphatic heterocycles. The second kappa shape index (κ2) is 9.22. The van der Waals surface area contributed by atoms with E-state index in [1.165, 1.54) is 12.1 Å². The number of benzene rings is 2. The molecule has 9 heteroatoms. The minimum atomic E-state index is -1.13. The van der Waals surface area contributed by atoms with Gasteiger partial charge in [-0.3, -0.25) is 24.1 Å². The molecule has 2 N–H and O–H groups in total. The molecule has 1 aliphatic carbocycles. The van der Waals surface area contributed by atoms with Crippen LogP contribution in [0.2, 0.25) is 0 Å². The van der Waals surface area contributed by atoms with E-state index in [1.807, 2.05) is 0 Å². The van der Waals surface area contributed by atoms with Gasteiger partial charge < -0.3 is 15.1 Å². The van der Waals surface area contributed by atoms with Crippen LogP contribution in [0.4, 0.5) is 0 Å². The predicted molar refractivity (Wildman–Crippen MR) is 126 cm³/mol. The fourth-order valence-corrected chi connectivity index (χ4v) is 5.80. The molecule has 2 heterocycles. The van der Waals surface area contributed by atoms with Gasteiger partial charge in [-0.25, -0.2) is 4.79 Å². The summed E-state index contributed by atoms with van der Waals surface area (Å²) in [6.07, 6.45) is 2.82. The zero-order valence-electron chi connectivity index (χ0n) is 19.6. The molecule has 3 atom stereocenters. The van der Waals surface area contributed by atoms with Crippen molar-refractivity contribution >= 4 is 29.7 Å². The lowest BCUT2D eigenvalue weighted by Gasteiger charge is -2.42. The molecule has 5 rings (SSSR count). The number of hydrogen-bond acceptors (Lipinski definition) is 5. The second-order valence-corrected chi connectivity index (χ2v) is 9.62. The lowest BCUT2D eigenvalue weighted by Crippen LogP contribution is -2.50. The highest BCUT2D eigenvalue weighted by Gasteiger charge is 2.44. The van der Waals surface area contributed by atoms with Gasteiger partial charge in [0.15, 0.2) is 0 Å². The maximum Gasteiger partial charge on any atom is 0.335 e. The molecule has 0 spiro atoms. The number of carboxylic acids is 2. The van der Waals surface area contributed by atoms with Crippen molar-refractivity contribution in [3.63, 3.8) is 0 Å². The first kappa shape index (κ1) is 23.7. The van der Waals surface area contributed by atoms with E-state index < -0.39 is 41.6 Å². The first-order valence-corrected chi connectivity index (χ1v) is 12.1. The zero-order chi connectivity index (χ0) is 25.6. The van der Waals surface area contributed by atoms with Gasteiger partial charge in [0.2, 0.25) is 5.91 Å². The first-order chi connectivity index (χ1) is 17.3. The number of hydrogen-bond donors (Lipinski definition) is 2. The van der Waals surface area contributed by atoms with Gasteiger partial charge in [0.05, 0.1) is 41.1 Å². The Hall–Kier alpha value is -4.01. The maximum atomic E-state index is 13.8. The summed E-state index contributed by atoms with van der Waals surface area (Å²) in [5, 5.41) is 19.3. The number of carboxylic acid groups (broad SMARTS) is 2. The van der Waals surface area contributed by atoms with Gasteiger partial charge >= 0.3 is 11.9 Å². The van der Waals surface area contributed by atoms with Gasteiger partial charge in [-0.15, -0.1) is 0 Å². The number of imide groups is 1. The molecule has 9 nitrogen and oxygen atoms in total. The molecular formula is C27H26N2O7. The molecule has 2 aromatic carbocycles. The van der Waals surface area contributed by atoms with Crippen LogP contribution >= 0.6 is 0 Å². The maximum absolute atomic E-state index is 13.8.